The summed E-state index contributed by atoms with van der Waals surface area (Å²) in [7, 11) is 0.730. The predicted octanol–water partition coefficient (Wildman–Crippen LogP) is 0.561. The smallest absolute Gasteiger partial charge is 0.246 e. The fourth-order valence-corrected chi connectivity index (χ4v) is 3.32. The maximum atomic E-state index is 12.7. The van der Waals surface area contributed by atoms with Crippen molar-refractivity contribution in [2.45, 2.75) is 4.90 Å². The van der Waals surface area contributed by atoms with Gasteiger partial charge in [0, 0.05) is 39.1 Å². The van der Waals surface area contributed by atoms with E-state index in [1.54, 1.807) is 0 Å². The highest BCUT2D eigenvalue weighted by Gasteiger charge is 2.27. The maximum absolute atomic E-state index is 12.7. The van der Waals surface area contributed by atoms with Crippen LogP contribution in [0.4, 0.5) is 5.69 Å². The third-order valence-electron chi connectivity index (χ3n) is 2.90. The molecular formula is C13H22N2O5S. The van der Waals surface area contributed by atoms with Gasteiger partial charge in [-0.3, -0.25) is 0 Å². The number of nitrogen functional groups attached to an aromatic ring is 1. The van der Waals surface area contributed by atoms with Crippen LogP contribution in [0.5, 0.6) is 5.75 Å². The molecule has 1 aromatic rings. The number of nitrogens with two attached hydrogens (primary N) is 1. The molecular weight excluding hydrogens is 296 g/mol. The number of sulfonamides is 1. The first-order chi connectivity index (χ1) is 9.97. The van der Waals surface area contributed by atoms with Gasteiger partial charge >= 0.3 is 0 Å². The van der Waals surface area contributed by atoms with E-state index in [-0.39, 0.29) is 23.7 Å². The van der Waals surface area contributed by atoms with Crippen LogP contribution in [0.15, 0.2) is 23.1 Å². The van der Waals surface area contributed by atoms with Gasteiger partial charge in [-0.05, 0) is 12.1 Å². The minimum absolute atomic E-state index is 0.0754. The number of hydrogen-bond acceptors (Lipinski definition) is 6. The fraction of sp³-hybridized carbons (Fsp3) is 0.538. The first-order valence-electron chi connectivity index (χ1n) is 6.39. The molecule has 0 atom stereocenters. The summed E-state index contributed by atoms with van der Waals surface area (Å²) in [6.45, 7) is 1.05. The van der Waals surface area contributed by atoms with Gasteiger partial charge in [0.2, 0.25) is 10.0 Å². The van der Waals surface area contributed by atoms with Crippen molar-refractivity contribution in [3.8, 4) is 5.75 Å². The minimum atomic E-state index is -3.71. The molecule has 0 heterocycles. The van der Waals surface area contributed by atoms with Crippen molar-refractivity contribution in [2.24, 2.45) is 0 Å². The Morgan fingerprint density at radius 2 is 1.67 bits per heavy atom. The van der Waals surface area contributed by atoms with Crippen LogP contribution in [-0.4, -0.2) is 60.4 Å². The second-order valence-corrected chi connectivity index (χ2v) is 6.21. The molecule has 1 rings (SSSR count). The molecule has 7 nitrogen and oxygen atoms in total. The van der Waals surface area contributed by atoms with E-state index in [0.29, 0.717) is 18.9 Å². The monoisotopic (exact) mass is 318 g/mol. The van der Waals surface area contributed by atoms with Crippen molar-refractivity contribution in [3.05, 3.63) is 18.2 Å². The highest BCUT2D eigenvalue weighted by molar-refractivity contribution is 7.89. The molecule has 2 N–H and O–H groups in total. The second-order valence-electron chi connectivity index (χ2n) is 4.30. The van der Waals surface area contributed by atoms with Crippen LogP contribution >= 0.6 is 0 Å². The summed E-state index contributed by atoms with van der Waals surface area (Å²) >= 11 is 0. The molecule has 0 bridgehead atoms. The second kappa shape index (κ2) is 8.18. The van der Waals surface area contributed by atoms with Crippen LogP contribution in [0.25, 0.3) is 0 Å². The Hall–Kier alpha value is -1.35. The summed E-state index contributed by atoms with van der Waals surface area (Å²) < 4.78 is 41.8. The van der Waals surface area contributed by atoms with Crippen molar-refractivity contribution in [3.63, 3.8) is 0 Å². The fourth-order valence-electron chi connectivity index (χ4n) is 1.77. The Morgan fingerprint density at radius 3 is 2.14 bits per heavy atom. The zero-order chi connectivity index (χ0) is 15.9. The lowest BCUT2D eigenvalue weighted by atomic mass is 10.3. The number of hydrogen-bond donors (Lipinski definition) is 1. The normalized spacial score (nSPS) is 11.8. The van der Waals surface area contributed by atoms with Crippen molar-refractivity contribution in [2.75, 3.05) is 53.4 Å². The molecule has 0 amide bonds. The van der Waals surface area contributed by atoms with E-state index >= 15 is 0 Å². The Kier molecular flexibility index (Phi) is 6.90. The lowest BCUT2D eigenvalue weighted by molar-refractivity contribution is 0.150. The molecule has 1 aromatic carbocycles. The van der Waals surface area contributed by atoms with Crippen LogP contribution in [0, 0.1) is 0 Å². The summed E-state index contributed by atoms with van der Waals surface area (Å²) in [5.41, 5.74) is 6.09. The average Bonchev–Trinajstić information content (AvgIpc) is 2.46. The van der Waals surface area contributed by atoms with Gasteiger partial charge in [-0.1, -0.05) is 0 Å². The first kappa shape index (κ1) is 17.7. The largest absolute Gasteiger partial charge is 0.495 e. The Balaban J connectivity index is 3.14. The van der Waals surface area contributed by atoms with E-state index in [9.17, 15) is 8.42 Å². The first-order valence-corrected chi connectivity index (χ1v) is 7.83. The van der Waals surface area contributed by atoms with Crippen LogP contribution in [0.3, 0.4) is 0 Å². The zero-order valence-corrected chi connectivity index (χ0v) is 13.4. The van der Waals surface area contributed by atoms with Crippen molar-refractivity contribution in [1.29, 1.82) is 0 Å². The summed E-state index contributed by atoms with van der Waals surface area (Å²) in [6, 6.07) is 4.45. The van der Waals surface area contributed by atoms with Crippen LogP contribution < -0.4 is 10.5 Å². The van der Waals surface area contributed by atoms with Crippen molar-refractivity contribution < 1.29 is 22.6 Å². The molecule has 0 unspecified atom stereocenters. The molecule has 0 aliphatic heterocycles. The summed E-state index contributed by atoms with van der Waals surface area (Å²) in [5, 5.41) is 0. The topological polar surface area (TPSA) is 91.1 Å². The average molecular weight is 318 g/mol. The van der Waals surface area contributed by atoms with Crippen LogP contribution in [-0.2, 0) is 19.5 Å². The summed E-state index contributed by atoms with van der Waals surface area (Å²) in [5.74, 6) is 0.217. The summed E-state index contributed by atoms with van der Waals surface area (Å²) in [4.78, 5) is 0.0754. The SMILES string of the molecule is COCCN(CCOC)S(=O)(=O)c1ccc(N)cc1OC. The van der Waals surface area contributed by atoms with Gasteiger partial charge in [0.25, 0.3) is 0 Å². The van der Waals surface area contributed by atoms with E-state index in [4.69, 9.17) is 19.9 Å². The van der Waals surface area contributed by atoms with E-state index in [1.165, 1.54) is 43.8 Å². The van der Waals surface area contributed by atoms with E-state index in [0.717, 1.165) is 0 Å². The Morgan fingerprint density at radius 1 is 1.10 bits per heavy atom. The van der Waals surface area contributed by atoms with Gasteiger partial charge in [-0.15, -0.1) is 0 Å². The van der Waals surface area contributed by atoms with Crippen LogP contribution in [0.2, 0.25) is 0 Å². The molecule has 0 radical (unpaired) electrons. The van der Waals surface area contributed by atoms with Gasteiger partial charge in [0.15, 0.2) is 0 Å². The number of ether oxygens (including phenoxy) is 3. The number of anilines is 1. The Bertz CT molecular complexity index is 539. The molecule has 0 aromatic heterocycles. The number of nitrogens with zero attached hydrogens (tertiary/aromatic N) is 1. The summed E-state index contributed by atoms with van der Waals surface area (Å²) in [6.07, 6.45) is 0. The van der Waals surface area contributed by atoms with Gasteiger partial charge in [0.05, 0.1) is 20.3 Å². The molecule has 0 saturated heterocycles. The highest BCUT2D eigenvalue weighted by Crippen LogP contribution is 2.28. The van der Waals surface area contributed by atoms with E-state index in [2.05, 4.69) is 0 Å². The zero-order valence-electron chi connectivity index (χ0n) is 12.5. The quantitative estimate of drug-likeness (QED) is 0.669. The van der Waals surface area contributed by atoms with E-state index < -0.39 is 10.0 Å². The molecule has 0 saturated carbocycles. The lowest BCUT2D eigenvalue weighted by Crippen LogP contribution is -2.36. The molecule has 8 heteroatoms. The highest BCUT2D eigenvalue weighted by atomic mass is 32.2. The third-order valence-corrected chi connectivity index (χ3v) is 4.83. The molecule has 0 aliphatic carbocycles. The van der Waals surface area contributed by atoms with E-state index in [1.807, 2.05) is 0 Å². The lowest BCUT2D eigenvalue weighted by Gasteiger charge is -2.22. The van der Waals surface area contributed by atoms with Crippen molar-refractivity contribution in [1.82, 2.24) is 4.31 Å². The third kappa shape index (κ3) is 4.57. The number of benzene rings is 1. The van der Waals surface area contributed by atoms with Gasteiger partial charge in [-0.25, -0.2) is 8.42 Å². The van der Waals surface area contributed by atoms with Crippen molar-refractivity contribution >= 4 is 15.7 Å². The molecule has 21 heavy (non-hydrogen) atoms. The molecule has 0 spiro atoms. The van der Waals surface area contributed by atoms with Gasteiger partial charge in [0.1, 0.15) is 10.6 Å². The number of methoxy groups -OCH3 is 3. The Labute approximate surface area is 125 Å². The number of rotatable bonds is 9. The molecule has 0 aliphatic rings. The standard InChI is InChI=1S/C13H22N2O5S/c1-18-8-6-15(7-9-19-2)21(16,17)13-5-4-11(14)10-12(13)20-3/h4-5,10H,6-9,14H2,1-3H3. The molecule has 0 fully saturated rings. The minimum Gasteiger partial charge on any atom is -0.495 e. The van der Waals surface area contributed by atoms with Gasteiger partial charge < -0.3 is 19.9 Å². The van der Waals surface area contributed by atoms with Gasteiger partial charge in [-0.2, -0.15) is 4.31 Å². The maximum Gasteiger partial charge on any atom is 0.246 e. The predicted molar refractivity (Wildman–Crippen MR) is 79.9 cm³/mol. The molecule has 120 valence electrons. The van der Waals surface area contributed by atoms with Crippen LogP contribution in [0.1, 0.15) is 0 Å².